The summed E-state index contributed by atoms with van der Waals surface area (Å²) in [6, 6.07) is 16.9. The van der Waals surface area contributed by atoms with Crippen LogP contribution in [0.4, 0.5) is 0 Å². The van der Waals surface area contributed by atoms with Gasteiger partial charge in [-0.05, 0) is 58.1 Å². The van der Waals surface area contributed by atoms with Gasteiger partial charge in [-0.15, -0.1) is 0 Å². The number of carbonyl (C=O) groups excluding carboxylic acids is 1. The number of aromatic nitrogens is 1. The molecule has 2 aliphatic rings. The molecule has 0 saturated heterocycles. The number of rotatable bonds is 4. The minimum absolute atomic E-state index is 0.00137. The summed E-state index contributed by atoms with van der Waals surface area (Å²) >= 11 is 0. The van der Waals surface area contributed by atoms with Crippen molar-refractivity contribution in [2.75, 3.05) is 7.11 Å². The highest BCUT2D eigenvalue weighted by atomic mass is 16.5. The van der Waals surface area contributed by atoms with E-state index in [4.69, 9.17) is 9.47 Å². The molecule has 0 saturated carbocycles. The summed E-state index contributed by atoms with van der Waals surface area (Å²) in [6.07, 6.45) is 5.81. The Balaban J connectivity index is 1.37. The van der Waals surface area contributed by atoms with Crippen LogP contribution in [0.2, 0.25) is 0 Å². The lowest BCUT2D eigenvalue weighted by molar-refractivity contribution is 0.0840. The Labute approximate surface area is 223 Å². The normalized spacial score (nSPS) is 17.8. The highest BCUT2D eigenvalue weighted by Gasteiger charge is 2.37. The second kappa shape index (κ2) is 8.56. The summed E-state index contributed by atoms with van der Waals surface area (Å²) in [5.74, 6) is -0.992. The smallest absolute Gasteiger partial charge is 0.204 e. The van der Waals surface area contributed by atoms with Crippen molar-refractivity contribution in [3.63, 3.8) is 0 Å². The first-order chi connectivity index (χ1) is 18.9. The zero-order valence-corrected chi connectivity index (χ0v) is 21.1. The molecule has 2 heterocycles. The van der Waals surface area contributed by atoms with Gasteiger partial charge in [-0.25, -0.2) is 0 Å². The van der Waals surface area contributed by atoms with E-state index >= 15 is 0 Å². The highest BCUT2D eigenvalue weighted by molar-refractivity contribution is 6.12. The van der Waals surface area contributed by atoms with Crippen molar-refractivity contribution in [1.29, 1.82) is 0 Å². The zero-order valence-electron chi connectivity index (χ0n) is 21.1. The van der Waals surface area contributed by atoms with Crippen molar-refractivity contribution >= 4 is 33.5 Å². The predicted molar refractivity (Wildman–Crippen MR) is 148 cm³/mol. The van der Waals surface area contributed by atoms with E-state index in [9.17, 15) is 20.1 Å². The number of ketones is 1. The van der Waals surface area contributed by atoms with Gasteiger partial charge in [-0.3, -0.25) is 4.79 Å². The van der Waals surface area contributed by atoms with Crippen LogP contribution in [0.3, 0.4) is 0 Å². The van der Waals surface area contributed by atoms with Gasteiger partial charge >= 0.3 is 0 Å². The maximum atomic E-state index is 13.4. The number of Topliss-reactive ketones (excluding diaryl/α,β-unsaturated/α-hetero) is 1. The molecule has 4 N–H and O–H groups in total. The number of aromatic hydroxyl groups is 3. The molecule has 1 aromatic heterocycles. The lowest BCUT2D eigenvalue weighted by Crippen LogP contribution is -2.22. The van der Waals surface area contributed by atoms with Crippen LogP contribution >= 0.6 is 0 Å². The molecule has 7 rings (SSSR count). The molecule has 7 heteroatoms. The Morgan fingerprint density at radius 1 is 1.03 bits per heavy atom. The van der Waals surface area contributed by atoms with E-state index in [-0.39, 0.29) is 46.7 Å². The number of carbonyl (C=O) groups is 1. The molecule has 1 aliphatic heterocycles. The number of allylic oxidation sites excluding steroid dienone is 1. The largest absolute Gasteiger partial charge is 0.508 e. The first-order valence-corrected chi connectivity index (χ1v) is 12.8. The number of aromatic amines is 1. The average Bonchev–Trinajstić information content (AvgIpc) is 3.41. The topological polar surface area (TPSA) is 112 Å². The van der Waals surface area contributed by atoms with E-state index in [1.54, 1.807) is 12.1 Å². The zero-order chi connectivity index (χ0) is 26.8. The monoisotopic (exact) mass is 519 g/mol. The minimum Gasteiger partial charge on any atom is -0.508 e. The van der Waals surface area contributed by atoms with Gasteiger partial charge in [0.05, 0.1) is 13.5 Å². The number of methoxy groups -OCH3 is 1. The Morgan fingerprint density at radius 2 is 1.85 bits per heavy atom. The summed E-state index contributed by atoms with van der Waals surface area (Å²) < 4.78 is 11.7. The summed E-state index contributed by atoms with van der Waals surface area (Å²) in [5.41, 5.74) is 4.40. The Hall–Kier alpha value is -4.91. The van der Waals surface area contributed by atoms with E-state index in [1.165, 1.54) is 19.2 Å². The highest BCUT2D eigenvalue weighted by Crippen LogP contribution is 2.53. The molecule has 7 nitrogen and oxygen atoms in total. The molecule has 2 atom stereocenters. The van der Waals surface area contributed by atoms with Gasteiger partial charge in [0.15, 0.2) is 17.3 Å². The third kappa shape index (κ3) is 3.46. The second-order valence-corrected chi connectivity index (χ2v) is 10.1. The molecule has 0 radical (unpaired) electrons. The van der Waals surface area contributed by atoms with Crippen LogP contribution in [0.25, 0.3) is 27.8 Å². The summed E-state index contributed by atoms with van der Waals surface area (Å²) in [4.78, 5) is 16.7. The first-order valence-electron chi connectivity index (χ1n) is 12.8. The molecule has 0 spiro atoms. The predicted octanol–water partition coefficient (Wildman–Crippen LogP) is 6.51. The molecule has 0 amide bonds. The second-order valence-electron chi connectivity index (χ2n) is 10.1. The maximum Gasteiger partial charge on any atom is 0.204 e. The van der Waals surface area contributed by atoms with Crippen molar-refractivity contribution in [3.8, 4) is 28.7 Å². The van der Waals surface area contributed by atoms with Crippen LogP contribution < -0.4 is 9.47 Å². The quantitative estimate of drug-likeness (QED) is 0.215. The van der Waals surface area contributed by atoms with Crippen LogP contribution in [0.5, 0.6) is 28.7 Å². The number of benzene rings is 4. The third-order valence-corrected chi connectivity index (χ3v) is 7.92. The van der Waals surface area contributed by atoms with Crippen LogP contribution in [0, 0.1) is 0 Å². The van der Waals surface area contributed by atoms with Gasteiger partial charge in [0.2, 0.25) is 5.75 Å². The molecule has 39 heavy (non-hydrogen) atoms. The molecule has 194 valence electrons. The van der Waals surface area contributed by atoms with Crippen molar-refractivity contribution in [1.82, 2.24) is 4.98 Å². The number of H-pyrrole nitrogens is 1. The molecule has 0 bridgehead atoms. The molecule has 4 aromatic carbocycles. The Bertz CT molecular complexity index is 1830. The van der Waals surface area contributed by atoms with Gasteiger partial charge in [0, 0.05) is 28.6 Å². The first kappa shape index (κ1) is 23.2. The SMILES string of the molecule is COc1c(O)c(CC2C=Cc3cc4[nH]ccc4c4cccc2c34)c2c(c1O)C(=O)CC(c1ccc(O)cc1)O2. The fraction of sp³-hybridized carbons (Fsp3) is 0.156. The molecule has 2 unspecified atom stereocenters. The van der Waals surface area contributed by atoms with E-state index < -0.39 is 11.9 Å². The lowest BCUT2D eigenvalue weighted by atomic mass is 9.81. The van der Waals surface area contributed by atoms with Gasteiger partial charge in [0.1, 0.15) is 23.2 Å². The molecule has 5 aromatic rings. The number of hydrogen-bond acceptors (Lipinski definition) is 6. The van der Waals surface area contributed by atoms with Crippen LogP contribution in [0.15, 0.2) is 66.9 Å². The van der Waals surface area contributed by atoms with Gasteiger partial charge < -0.3 is 29.8 Å². The third-order valence-electron chi connectivity index (χ3n) is 7.92. The van der Waals surface area contributed by atoms with Gasteiger partial charge in [-0.1, -0.05) is 42.5 Å². The van der Waals surface area contributed by atoms with E-state index in [1.807, 2.05) is 12.3 Å². The number of phenolic OH excluding ortho intramolecular Hbond substituents is 3. The van der Waals surface area contributed by atoms with Crippen LogP contribution in [-0.4, -0.2) is 33.2 Å². The van der Waals surface area contributed by atoms with Crippen molar-refractivity contribution in [3.05, 3.63) is 94.7 Å². The Kier molecular flexibility index (Phi) is 5.10. The average molecular weight is 520 g/mol. The van der Waals surface area contributed by atoms with Gasteiger partial charge in [-0.2, -0.15) is 0 Å². The fourth-order valence-electron chi connectivity index (χ4n) is 6.07. The van der Waals surface area contributed by atoms with E-state index in [0.717, 1.165) is 32.8 Å². The number of hydrogen-bond donors (Lipinski definition) is 4. The molecular formula is C32H25NO6. The Morgan fingerprint density at radius 3 is 2.64 bits per heavy atom. The molecule has 1 aliphatic carbocycles. The molecule has 0 fully saturated rings. The number of fused-ring (bicyclic) bond motifs is 3. The fourth-order valence-corrected chi connectivity index (χ4v) is 6.07. The summed E-state index contributed by atoms with van der Waals surface area (Å²) in [5, 5.41) is 35.3. The number of phenols is 3. The standard InChI is InChI=1S/C32H25NO6/c1-38-32-29(36)23(31-28(30(32)37)25(35)15-26(39-31)16-7-9-19(34)10-8-16)13-17-5-6-18-14-24-21(11-12-33-24)22-4-2-3-20(17)27(18)22/h2-12,14,17,26,33-34,36-37H,13,15H2,1H3. The number of ether oxygens (including phenoxy) is 2. The number of nitrogens with one attached hydrogen (secondary N) is 1. The van der Waals surface area contributed by atoms with Gasteiger partial charge in [0.25, 0.3) is 0 Å². The summed E-state index contributed by atoms with van der Waals surface area (Å²) in [7, 11) is 1.35. The van der Waals surface area contributed by atoms with Crippen molar-refractivity contribution in [2.24, 2.45) is 0 Å². The summed E-state index contributed by atoms with van der Waals surface area (Å²) in [6.45, 7) is 0. The van der Waals surface area contributed by atoms with Crippen molar-refractivity contribution in [2.45, 2.75) is 24.9 Å². The minimum atomic E-state index is -0.635. The van der Waals surface area contributed by atoms with Crippen LogP contribution in [0.1, 0.15) is 51.1 Å². The lowest BCUT2D eigenvalue weighted by Gasteiger charge is -2.30. The van der Waals surface area contributed by atoms with Crippen molar-refractivity contribution < 1.29 is 29.6 Å². The molecular weight excluding hydrogens is 494 g/mol. The van der Waals surface area contributed by atoms with E-state index in [0.29, 0.717) is 17.5 Å². The van der Waals surface area contributed by atoms with E-state index in [2.05, 4.69) is 41.4 Å². The van der Waals surface area contributed by atoms with Crippen LogP contribution in [-0.2, 0) is 6.42 Å². The maximum absolute atomic E-state index is 13.4.